The minimum absolute atomic E-state index is 0.197. The summed E-state index contributed by atoms with van der Waals surface area (Å²) in [6.07, 6.45) is 0. The molecule has 0 radical (unpaired) electrons. The van der Waals surface area contributed by atoms with Crippen molar-refractivity contribution in [3.05, 3.63) is 64.9 Å². The average molecular weight is 428 g/mol. The van der Waals surface area contributed by atoms with Gasteiger partial charge in [0.2, 0.25) is 5.75 Å². The molecule has 158 valence electrons. The lowest BCUT2D eigenvalue weighted by Gasteiger charge is -2.31. The van der Waals surface area contributed by atoms with Crippen molar-refractivity contribution in [2.24, 2.45) is 0 Å². The third-order valence-electron chi connectivity index (χ3n) is 4.83. The number of amides is 1. The molecule has 0 fully saturated rings. The number of hydrogen-bond acceptors (Lipinski definition) is 5. The van der Waals surface area contributed by atoms with E-state index in [1.165, 1.54) is 0 Å². The summed E-state index contributed by atoms with van der Waals surface area (Å²) in [4.78, 5) is 13.1. The van der Waals surface area contributed by atoms with E-state index >= 15 is 0 Å². The second kappa shape index (κ2) is 9.49. The number of methoxy groups -OCH3 is 3. The number of thiocarbonyl (C=S) groups is 1. The number of benzene rings is 2. The van der Waals surface area contributed by atoms with Gasteiger partial charge in [0.15, 0.2) is 16.6 Å². The predicted molar refractivity (Wildman–Crippen MR) is 119 cm³/mol. The summed E-state index contributed by atoms with van der Waals surface area (Å²) in [6.45, 7) is 2.25. The Morgan fingerprint density at radius 2 is 1.70 bits per heavy atom. The maximum Gasteiger partial charge on any atom is 0.251 e. The van der Waals surface area contributed by atoms with E-state index in [0.29, 0.717) is 40.2 Å². The van der Waals surface area contributed by atoms with Gasteiger partial charge in [-0.25, -0.2) is 0 Å². The van der Waals surface area contributed by atoms with Crippen molar-refractivity contribution >= 4 is 23.2 Å². The molecule has 0 bridgehead atoms. The Kier molecular flexibility index (Phi) is 6.79. The van der Waals surface area contributed by atoms with Crippen LogP contribution in [-0.2, 0) is 11.3 Å². The van der Waals surface area contributed by atoms with E-state index < -0.39 is 6.04 Å². The Hall–Kier alpha value is -3.26. The third kappa shape index (κ3) is 4.49. The highest BCUT2D eigenvalue weighted by atomic mass is 32.1. The molecular weight excluding hydrogens is 402 g/mol. The Bertz CT molecular complexity index is 951. The smallest absolute Gasteiger partial charge is 0.251 e. The first kappa shape index (κ1) is 21.4. The first-order chi connectivity index (χ1) is 14.5. The van der Waals surface area contributed by atoms with Gasteiger partial charge < -0.3 is 30.2 Å². The molecule has 3 N–H and O–H groups in total. The highest BCUT2D eigenvalue weighted by Crippen LogP contribution is 2.41. The van der Waals surface area contributed by atoms with E-state index in [9.17, 15) is 4.79 Å². The van der Waals surface area contributed by atoms with E-state index in [0.717, 1.165) is 11.1 Å². The van der Waals surface area contributed by atoms with Crippen molar-refractivity contribution < 1.29 is 19.0 Å². The summed E-state index contributed by atoms with van der Waals surface area (Å²) < 4.78 is 16.3. The molecule has 2 aromatic rings. The molecule has 3 rings (SSSR count). The van der Waals surface area contributed by atoms with E-state index in [4.69, 9.17) is 26.4 Å². The lowest BCUT2D eigenvalue weighted by molar-refractivity contribution is -0.118. The van der Waals surface area contributed by atoms with Crippen LogP contribution in [0.4, 0.5) is 0 Å². The molecule has 1 amide bonds. The lowest BCUT2D eigenvalue weighted by Crippen LogP contribution is -2.46. The monoisotopic (exact) mass is 427 g/mol. The molecule has 0 spiro atoms. The van der Waals surface area contributed by atoms with Gasteiger partial charge in [0.25, 0.3) is 5.91 Å². The van der Waals surface area contributed by atoms with Crippen LogP contribution in [-0.4, -0.2) is 32.3 Å². The lowest BCUT2D eigenvalue weighted by atomic mass is 9.94. The summed E-state index contributed by atoms with van der Waals surface area (Å²) >= 11 is 5.34. The van der Waals surface area contributed by atoms with Crippen LogP contribution in [0, 0.1) is 0 Å². The van der Waals surface area contributed by atoms with Gasteiger partial charge in [-0.3, -0.25) is 4.79 Å². The van der Waals surface area contributed by atoms with Crippen LogP contribution >= 0.6 is 12.2 Å². The Balaban J connectivity index is 1.96. The van der Waals surface area contributed by atoms with Crippen molar-refractivity contribution in [2.45, 2.75) is 19.5 Å². The van der Waals surface area contributed by atoms with E-state index in [-0.39, 0.29) is 5.91 Å². The largest absolute Gasteiger partial charge is 0.493 e. The molecule has 0 saturated carbocycles. The average Bonchev–Trinajstić information content (AvgIpc) is 2.76. The van der Waals surface area contributed by atoms with Crippen LogP contribution in [0.1, 0.15) is 24.1 Å². The summed E-state index contributed by atoms with van der Waals surface area (Å²) in [6, 6.07) is 12.9. The number of ether oxygens (including phenoxy) is 3. The molecule has 1 heterocycles. The molecular formula is C22H25N3O4S. The highest BCUT2D eigenvalue weighted by molar-refractivity contribution is 7.80. The Morgan fingerprint density at radius 1 is 1.07 bits per heavy atom. The van der Waals surface area contributed by atoms with Crippen LogP contribution in [0.15, 0.2) is 53.7 Å². The second-order valence-electron chi connectivity index (χ2n) is 6.70. The van der Waals surface area contributed by atoms with Crippen LogP contribution in [0.25, 0.3) is 0 Å². The van der Waals surface area contributed by atoms with Crippen LogP contribution < -0.4 is 30.2 Å². The predicted octanol–water partition coefficient (Wildman–Crippen LogP) is 2.82. The number of rotatable bonds is 7. The van der Waals surface area contributed by atoms with Crippen molar-refractivity contribution in [3.63, 3.8) is 0 Å². The molecule has 0 aromatic heterocycles. The molecule has 2 aromatic carbocycles. The van der Waals surface area contributed by atoms with E-state index in [2.05, 4.69) is 16.0 Å². The number of allylic oxidation sites excluding steroid dienone is 1. The van der Waals surface area contributed by atoms with E-state index in [1.54, 1.807) is 21.3 Å². The Labute approximate surface area is 181 Å². The summed E-state index contributed by atoms with van der Waals surface area (Å²) in [5.74, 6) is 1.29. The van der Waals surface area contributed by atoms with Gasteiger partial charge in [0.1, 0.15) is 0 Å². The number of carbonyl (C=O) groups is 1. The van der Waals surface area contributed by atoms with Crippen molar-refractivity contribution in [1.29, 1.82) is 0 Å². The molecule has 0 saturated heterocycles. The fourth-order valence-corrected chi connectivity index (χ4v) is 3.66. The van der Waals surface area contributed by atoms with Crippen molar-refractivity contribution in [1.82, 2.24) is 16.0 Å². The maximum absolute atomic E-state index is 13.1. The van der Waals surface area contributed by atoms with Crippen LogP contribution in [0.5, 0.6) is 17.2 Å². The zero-order valence-corrected chi connectivity index (χ0v) is 18.2. The quantitative estimate of drug-likeness (QED) is 0.586. The molecule has 1 atom stereocenters. The SMILES string of the molecule is COc1cc([C@H]2NC(=S)NC(C)=C2C(=O)NCc2ccccc2)cc(OC)c1OC. The van der Waals surface area contributed by atoms with Crippen molar-refractivity contribution in [2.75, 3.05) is 21.3 Å². The first-order valence-electron chi connectivity index (χ1n) is 9.38. The molecule has 8 heteroatoms. The number of nitrogens with one attached hydrogen (secondary N) is 3. The highest BCUT2D eigenvalue weighted by Gasteiger charge is 2.31. The normalized spacial score (nSPS) is 15.7. The minimum atomic E-state index is -0.483. The molecule has 7 nitrogen and oxygen atoms in total. The zero-order chi connectivity index (χ0) is 21.7. The van der Waals surface area contributed by atoms with Crippen LogP contribution in [0.2, 0.25) is 0 Å². The minimum Gasteiger partial charge on any atom is -0.493 e. The fraction of sp³-hybridized carbons (Fsp3) is 0.273. The summed E-state index contributed by atoms with van der Waals surface area (Å²) in [5.41, 5.74) is 3.00. The summed E-state index contributed by atoms with van der Waals surface area (Å²) in [5, 5.41) is 9.64. The fourth-order valence-electron chi connectivity index (χ4n) is 3.39. The van der Waals surface area contributed by atoms with Gasteiger partial charge in [-0.2, -0.15) is 0 Å². The second-order valence-corrected chi connectivity index (χ2v) is 7.11. The van der Waals surface area contributed by atoms with Gasteiger partial charge in [-0.1, -0.05) is 30.3 Å². The number of carbonyl (C=O) groups excluding carboxylic acids is 1. The van der Waals surface area contributed by atoms with Gasteiger partial charge >= 0.3 is 0 Å². The van der Waals surface area contributed by atoms with Gasteiger partial charge in [0, 0.05) is 12.2 Å². The van der Waals surface area contributed by atoms with Gasteiger partial charge in [0.05, 0.1) is 32.9 Å². The molecule has 0 aliphatic carbocycles. The molecule has 30 heavy (non-hydrogen) atoms. The third-order valence-corrected chi connectivity index (χ3v) is 5.05. The zero-order valence-electron chi connectivity index (χ0n) is 17.4. The van der Waals surface area contributed by atoms with Crippen LogP contribution in [0.3, 0.4) is 0 Å². The topological polar surface area (TPSA) is 80.9 Å². The molecule has 1 aliphatic rings. The first-order valence-corrected chi connectivity index (χ1v) is 9.79. The molecule has 0 unspecified atom stereocenters. The standard InChI is InChI=1S/C22H25N3O4S/c1-13-18(21(26)23-12-14-8-6-5-7-9-14)19(25-22(30)24-13)15-10-16(27-2)20(29-4)17(11-15)28-3/h5-11,19H,12H2,1-4H3,(H,23,26)(H2,24,25,30)/t19-/m1/s1. The number of hydrogen-bond donors (Lipinski definition) is 3. The Morgan fingerprint density at radius 3 is 2.27 bits per heavy atom. The molecule has 1 aliphatic heterocycles. The maximum atomic E-state index is 13.1. The van der Waals surface area contributed by atoms with Crippen molar-refractivity contribution in [3.8, 4) is 17.2 Å². The summed E-state index contributed by atoms with van der Waals surface area (Å²) in [7, 11) is 4.65. The van der Waals surface area contributed by atoms with E-state index in [1.807, 2.05) is 49.4 Å². The van der Waals surface area contributed by atoms with Gasteiger partial charge in [-0.15, -0.1) is 0 Å². The van der Waals surface area contributed by atoms with Gasteiger partial charge in [-0.05, 0) is 42.4 Å².